The van der Waals surface area contributed by atoms with Crippen molar-refractivity contribution in [2.24, 2.45) is 0 Å². The van der Waals surface area contributed by atoms with Gasteiger partial charge in [-0.2, -0.15) is 17.2 Å². The summed E-state index contributed by atoms with van der Waals surface area (Å²) in [5, 5.41) is -5.08. The van der Waals surface area contributed by atoms with Crippen LogP contribution in [0, 0.1) is 0 Å². The summed E-state index contributed by atoms with van der Waals surface area (Å²) in [5.74, 6) is -3.51. The predicted octanol–water partition coefficient (Wildman–Crippen LogP) is 4.78. The molecule has 0 bridgehead atoms. The number of halogens is 2. The molecule has 1 aliphatic rings. The van der Waals surface area contributed by atoms with Gasteiger partial charge in [-0.25, -0.2) is 4.79 Å². The summed E-state index contributed by atoms with van der Waals surface area (Å²) < 4.78 is 73.4. The Morgan fingerprint density at radius 2 is 1.42 bits per heavy atom. The molecular weight excluding hydrogens is 514 g/mol. The van der Waals surface area contributed by atoms with Gasteiger partial charge in [0, 0.05) is 5.56 Å². The third kappa shape index (κ3) is 5.45. The summed E-state index contributed by atoms with van der Waals surface area (Å²) in [5.41, 5.74) is 0.879. The van der Waals surface area contributed by atoms with E-state index in [4.69, 9.17) is 14.0 Å². The second-order valence-electron chi connectivity index (χ2n) is 7.99. The summed E-state index contributed by atoms with van der Waals surface area (Å²) in [6.07, 6.45) is 0.837. The molecule has 1 unspecified atom stereocenters. The zero-order valence-electron chi connectivity index (χ0n) is 19.1. The van der Waals surface area contributed by atoms with Crippen molar-refractivity contribution in [3.8, 4) is 5.75 Å². The summed E-state index contributed by atoms with van der Waals surface area (Å²) >= 11 is 0. The van der Waals surface area contributed by atoms with E-state index in [1.165, 1.54) is 12.1 Å². The second-order valence-corrected chi connectivity index (χ2v) is 11.5. The average molecular weight is 538 g/mol. The van der Waals surface area contributed by atoms with Gasteiger partial charge in [0.1, 0.15) is 5.75 Å². The van der Waals surface area contributed by atoms with Gasteiger partial charge in [-0.15, -0.1) is 0 Å². The molecule has 1 heterocycles. The van der Waals surface area contributed by atoms with E-state index < -0.39 is 38.0 Å². The molecule has 3 aromatic rings. The third-order valence-corrected chi connectivity index (χ3v) is 8.51. The van der Waals surface area contributed by atoms with Gasteiger partial charge in [0.25, 0.3) is 0 Å². The first kappa shape index (κ1) is 26.2. The van der Waals surface area contributed by atoms with E-state index in [1.807, 2.05) is 61.5 Å². The number of benzene rings is 3. The standard InChI is InChI=1S/C25H22F2O7S2/c1-24(32-16-5-17-33-24)18-8-12-21(13-9-18)35(20-6-3-2-4-7-20)22-14-10-19(11-15-22)34-23(28)25(26,27)36(29,30)31/h2-4,6-15H,5,16-17H2,1H3/p+1. The van der Waals surface area contributed by atoms with Crippen molar-refractivity contribution in [1.82, 2.24) is 0 Å². The van der Waals surface area contributed by atoms with Crippen LogP contribution in [0.1, 0.15) is 18.9 Å². The van der Waals surface area contributed by atoms with Gasteiger partial charge in [-0.1, -0.05) is 18.2 Å². The molecule has 0 aliphatic carbocycles. The van der Waals surface area contributed by atoms with E-state index in [9.17, 15) is 22.0 Å². The van der Waals surface area contributed by atoms with Crippen LogP contribution in [-0.4, -0.2) is 37.4 Å². The van der Waals surface area contributed by atoms with Gasteiger partial charge in [0.2, 0.25) is 0 Å². The molecule has 36 heavy (non-hydrogen) atoms. The van der Waals surface area contributed by atoms with E-state index in [0.717, 1.165) is 26.7 Å². The van der Waals surface area contributed by atoms with Gasteiger partial charge < -0.3 is 14.2 Å². The summed E-state index contributed by atoms with van der Waals surface area (Å²) in [7, 11) is -6.56. The summed E-state index contributed by atoms with van der Waals surface area (Å²) in [6.45, 7) is 3.10. The maximum atomic E-state index is 13.5. The molecule has 11 heteroatoms. The highest BCUT2D eigenvalue weighted by molar-refractivity contribution is 7.97. The lowest BCUT2D eigenvalue weighted by Crippen LogP contribution is -2.40. The molecule has 4 rings (SSSR count). The zero-order valence-corrected chi connectivity index (χ0v) is 20.7. The van der Waals surface area contributed by atoms with Crippen LogP contribution in [0.25, 0.3) is 0 Å². The molecule has 1 saturated heterocycles. The van der Waals surface area contributed by atoms with E-state index in [0.29, 0.717) is 13.2 Å². The van der Waals surface area contributed by atoms with E-state index in [-0.39, 0.29) is 5.75 Å². The van der Waals surface area contributed by atoms with Gasteiger partial charge in [0.05, 0.1) is 24.1 Å². The Kier molecular flexibility index (Phi) is 7.48. The van der Waals surface area contributed by atoms with Gasteiger partial charge in [-0.3, -0.25) is 4.55 Å². The zero-order chi connectivity index (χ0) is 26.0. The third-order valence-electron chi connectivity index (χ3n) is 5.47. The minimum atomic E-state index is -5.96. The number of carbonyl (C=O) groups is 1. The Hall–Kier alpha value is -2.83. The van der Waals surface area contributed by atoms with Crippen LogP contribution in [0.2, 0.25) is 0 Å². The predicted molar refractivity (Wildman–Crippen MR) is 127 cm³/mol. The average Bonchev–Trinajstić information content (AvgIpc) is 2.86. The molecule has 1 aliphatic heterocycles. The smallest absolute Gasteiger partial charge is 0.421 e. The molecular formula is C25H23F2O7S2+. The molecule has 3 aromatic carbocycles. The minimum Gasteiger partial charge on any atom is -0.421 e. The molecule has 0 radical (unpaired) electrons. The Labute approximate surface area is 210 Å². The monoisotopic (exact) mass is 537 g/mol. The van der Waals surface area contributed by atoms with E-state index >= 15 is 0 Å². The Balaban J connectivity index is 1.62. The number of hydrogen-bond donors (Lipinski definition) is 1. The number of ether oxygens (including phenoxy) is 3. The van der Waals surface area contributed by atoms with Crippen LogP contribution < -0.4 is 4.74 Å². The molecule has 1 fully saturated rings. The lowest BCUT2D eigenvalue weighted by Gasteiger charge is -2.34. The van der Waals surface area contributed by atoms with Crippen LogP contribution in [0.3, 0.4) is 0 Å². The maximum absolute atomic E-state index is 13.5. The first-order chi connectivity index (χ1) is 17.0. The number of hydrogen-bond acceptors (Lipinski definition) is 6. The molecule has 190 valence electrons. The lowest BCUT2D eigenvalue weighted by atomic mass is 10.1. The normalized spacial score (nSPS) is 16.8. The molecule has 0 aromatic heterocycles. The SMILES string of the molecule is CC1(c2ccc([S+](c3ccccc3)c3ccc(OC(=O)C(F)(F)S(=O)(=O)O)cc3)cc2)OCCCO1. The van der Waals surface area contributed by atoms with Crippen molar-refractivity contribution in [2.75, 3.05) is 13.2 Å². The first-order valence-corrected chi connectivity index (χ1v) is 13.5. The Morgan fingerprint density at radius 1 is 0.917 bits per heavy atom. The van der Waals surface area contributed by atoms with Gasteiger partial charge in [0.15, 0.2) is 20.5 Å². The molecule has 0 spiro atoms. The minimum absolute atomic E-state index is 0.293. The molecule has 1 N–H and O–H groups in total. The van der Waals surface area contributed by atoms with Crippen molar-refractivity contribution in [2.45, 2.75) is 39.1 Å². The van der Waals surface area contributed by atoms with E-state index in [2.05, 4.69) is 4.74 Å². The topological polar surface area (TPSA) is 99.1 Å². The Bertz CT molecular complexity index is 1310. The van der Waals surface area contributed by atoms with Crippen molar-refractivity contribution in [3.63, 3.8) is 0 Å². The van der Waals surface area contributed by atoms with Crippen LogP contribution in [0.4, 0.5) is 8.78 Å². The fourth-order valence-electron chi connectivity index (χ4n) is 3.58. The fraction of sp³-hybridized carbons (Fsp3) is 0.240. The van der Waals surface area contributed by atoms with Crippen molar-refractivity contribution in [1.29, 1.82) is 0 Å². The van der Waals surface area contributed by atoms with Crippen LogP contribution in [0.5, 0.6) is 5.75 Å². The number of esters is 1. The first-order valence-electron chi connectivity index (χ1n) is 10.9. The molecule has 0 saturated carbocycles. The number of rotatable bonds is 7. The van der Waals surface area contributed by atoms with Gasteiger partial charge in [-0.05, 0) is 74.0 Å². The lowest BCUT2D eigenvalue weighted by molar-refractivity contribution is -0.264. The number of alkyl halides is 2. The maximum Gasteiger partial charge on any atom is 0.466 e. The number of carbonyl (C=O) groups excluding carboxylic acids is 1. The molecule has 7 nitrogen and oxygen atoms in total. The summed E-state index contributed by atoms with van der Waals surface area (Å²) in [4.78, 5) is 14.4. The highest BCUT2D eigenvalue weighted by atomic mass is 32.2. The molecule has 0 amide bonds. The highest BCUT2D eigenvalue weighted by Crippen LogP contribution is 2.35. The Morgan fingerprint density at radius 3 is 1.94 bits per heavy atom. The van der Waals surface area contributed by atoms with Crippen molar-refractivity contribution in [3.05, 3.63) is 84.4 Å². The van der Waals surface area contributed by atoms with Crippen LogP contribution in [0.15, 0.2) is 93.5 Å². The highest BCUT2D eigenvalue weighted by Gasteiger charge is 2.54. The van der Waals surface area contributed by atoms with Crippen molar-refractivity contribution < 1.29 is 40.8 Å². The van der Waals surface area contributed by atoms with Crippen LogP contribution in [-0.2, 0) is 41.1 Å². The quantitative estimate of drug-likeness (QED) is 0.200. The fourth-order valence-corrected chi connectivity index (χ4v) is 5.89. The molecule has 1 atom stereocenters. The van der Waals surface area contributed by atoms with E-state index in [1.54, 1.807) is 12.1 Å². The summed E-state index contributed by atoms with van der Waals surface area (Å²) in [6, 6.07) is 23.2. The second kappa shape index (κ2) is 10.3. The van der Waals surface area contributed by atoms with Gasteiger partial charge >= 0.3 is 21.3 Å². The van der Waals surface area contributed by atoms with Crippen LogP contribution >= 0.6 is 0 Å². The largest absolute Gasteiger partial charge is 0.466 e. The van der Waals surface area contributed by atoms with Crippen molar-refractivity contribution >= 4 is 27.0 Å².